The number of nitriles is 1. The van der Waals surface area contributed by atoms with Gasteiger partial charge in [0.2, 0.25) is 15.9 Å². The number of benzene rings is 1. The lowest BCUT2D eigenvalue weighted by molar-refractivity contribution is -0.118. The van der Waals surface area contributed by atoms with Crippen molar-refractivity contribution in [3.8, 4) is 6.07 Å². The van der Waals surface area contributed by atoms with Crippen molar-refractivity contribution in [2.24, 2.45) is 5.92 Å². The Hall–Kier alpha value is -1.93. The second kappa shape index (κ2) is 10.1. The normalized spacial score (nSPS) is 15.4. The fraction of sp³-hybridized carbons (Fsp3) is 0.550. The summed E-state index contributed by atoms with van der Waals surface area (Å²) >= 11 is 7.79. The molecule has 3 rings (SSSR count). The first-order valence-electron chi connectivity index (χ1n) is 10.2. The zero-order chi connectivity index (χ0) is 22.6. The van der Waals surface area contributed by atoms with E-state index in [-0.39, 0.29) is 28.9 Å². The summed E-state index contributed by atoms with van der Waals surface area (Å²) in [7, 11) is -2.42. The number of amides is 1. The van der Waals surface area contributed by atoms with Crippen molar-refractivity contribution in [3.05, 3.63) is 17.2 Å². The molecule has 0 spiro atoms. The molecule has 0 atom stereocenters. The minimum Gasteiger partial charge on any atom is -0.355 e. The van der Waals surface area contributed by atoms with Crippen molar-refractivity contribution >= 4 is 54.2 Å². The van der Waals surface area contributed by atoms with Crippen molar-refractivity contribution in [2.45, 2.75) is 37.5 Å². The predicted octanol–water partition coefficient (Wildman–Crippen LogP) is 3.23. The molecule has 11 heteroatoms. The van der Waals surface area contributed by atoms with Crippen molar-refractivity contribution in [3.63, 3.8) is 0 Å². The van der Waals surface area contributed by atoms with Gasteiger partial charge in [0.05, 0.1) is 15.8 Å². The van der Waals surface area contributed by atoms with Crippen LogP contribution in [0.2, 0.25) is 5.02 Å². The number of carbonyl (C=O) groups is 1. The summed E-state index contributed by atoms with van der Waals surface area (Å²) < 4.78 is 28.4. The Balaban J connectivity index is 1.84. The molecular weight excluding hydrogens is 458 g/mol. The summed E-state index contributed by atoms with van der Waals surface area (Å²) in [5.41, 5.74) is 0.380. The number of carbonyl (C=O) groups excluding carboxylic acids is 1. The molecule has 2 aromatic rings. The Kier molecular flexibility index (Phi) is 7.75. The molecule has 1 amide bonds. The monoisotopic (exact) mass is 483 g/mol. The standard InChI is InChI=1S/C20H26ClN5O3S2/c1-14(27)23-10-13-25(2)31(28,29)19-16(21)5-6-17-18(19)24-20(30-17)26-11-7-15(8-12-26)4-3-9-22/h5-6,15H,3-4,7-8,10-13H2,1-2H3,(H,23,27). The molecule has 1 saturated heterocycles. The quantitative estimate of drug-likeness (QED) is 0.617. The SMILES string of the molecule is CC(=O)NCCN(C)S(=O)(=O)c1c(Cl)ccc2sc(N3CCC(CCC#N)CC3)nc12. The lowest BCUT2D eigenvalue weighted by atomic mass is 9.93. The second-order valence-corrected chi connectivity index (χ2v) is 11.1. The van der Waals surface area contributed by atoms with E-state index in [1.165, 1.54) is 29.6 Å². The average molecular weight is 484 g/mol. The number of fused-ring (bicyclic) bond motifs is 1. The molecule has 0 unspecified atom stereocenters. The van der Waals surface area contributed by atoms with Gasteiger partial charge in [-0.05, 0) is 37.3 Å². The Morgan fingerprint density at radius 3 is 2.77 bits per heavy atom. The van der Waals surface area contributed by atoms with E-state index in [1.807, 2.05) is 0 Å². The van der Waals surface area contributed by atoms with E-state index < -0.39 is 10.0 Å². The number of sulfonamides is 1. The van der Waals surface area contributed by atoms with Gasteiger partial charge < -0.3 is 10.2 Å². The molecule has 2 heterocycles. The van der Waals surface area contributed by atoms with Crippen molar-refractivity contribution in [2.75, 3.05) is 38.1 Å². The number of likely N-dealkylation sites (N-methyl/N-ethyl adjacent to an activating group) is 1. The number of hydrogen-bond donors (Lipinski definition) is 1. The van der Waals surface area contributed by atoms with Crippen LogP contribution in [0, 0.1) is 17.2 Å². The minimum atomic E-state index is -3.89. The molecule has 1 aliphatic heterocycles. The highest BCUT2D eigenvalue weighted by Crippen LogP contribution is 2.38. The number of anilines is 1. The summed E-state index contributed by atoms with van der Waals surface area (Å²) in [6.45, 7) is 3.39. The molecule has 1 aromatic heterocycles. The third kappa shape index (κ3) is 5.47. The van der Waals surface area contributed by atoms with E-state index >= 15 is 0 Å². The Morgan fingerprint density at radius 1 is 1.42 bits per heavy atom. The number of halogens is 1. The number of nitrogens with one attached hydrogen (secondary N) is 1. The highest BCUT2D eigenvalue weighted by atomic mass is 35.5. The Labute approximate surface area is 191 Å². The third-order valence-electron chi connectivity index (χ3n) is 5.47. The minimum absolute atomic E-state index is 0.00315. The maximum Gasteiger partial charge on any atom is 0.246 e. The van der Waals surface area contributed by atoms with Crippen molar-refractivity contribution in [1.29, 1.82) is 5.26 Å². The van der Waals surface area contributed by atoms with E-state index in [0.29, 0.717) is 17.9 Å². The van der Waals surface area contributed by atoms with Crippen molar-refractivity contribution in [1.82, 2.24) is 14.6 Å². The summed E-state index contributed by atoms with van der Waals surface area (Å²) in [5, 5.41) is 12.3. The zero-order valence-electron chi connectivity index (χ0n) is 17.6. The van der Waals surface area contributed by atoms with Gasteiger partial charge in [-0.15, -0.1) is 0 Å². The molecule has 0 aliphatic carbocycles. The molecule has 0 saturated carbocycles. The highest BCUT2D eigenvalue weighted by molar-refractivity contribution is 7.89. The van der Waals surface area contributed by atoms with Crippen LogP contribution < -0.4 is 10.2 Å². The largest absolute Gasteiger partial charge is 0.355 e. The van der Waals surface area contributed by atoms with E-state index in [2.05, 4.69) is 21.3 Å². The Bertz CT molecular complexity index is 1090. The van der Waals surface area contributed by atoms with Crippen molar-refractivity contribution < 1.29 is 13.2 Å². The van der Waals surface area contributed by atoms with E-state index in [4.69, 9.17) is 16.9 Å². The van der Waals surface area contributed by atoms with Crippen LogP contribution >= 0.6 is 22.9 Å². The van der Waals surface area contributed by atoms with Gasteiger partial charge in [-0.3, -0.25) is 4.79 Å². The van der Waals surface area contributed by atoms with Crippen LogP contribution in [-0.4, -0.2) is 56.8 Å². The van der Waals surface area contributed by atoms with Crippen LogP contribution in [0.1, 0.15) is 32.6 Å². The fourth-order valence-electron chi connectivity index (χ4n) is 3.66. The van der Waals surface area contributed by atoms with E-state index in [0.717, 1.165) is 42.2 Å². The molecule has 31 heavy (non-hydrogen) atoms. The van der Waals surface area contributed by atoms with Crippen LogP contribution in [0.4, 0.5) is 5.13 Å². The molecule has 1 aliphatic rings. The molecule has 1 aromatic carbocycles. The lowest BCUT2D eigenvalue weighted by Crippen LogP contribution is -2.35. The van der Waals surface area contributed by atoms with Gasteiger partial charge in [0, 0.05) is 46.6 Å². The van der Waals surface area contributed by atoms with Crippen LogP contribution in [-0.2, 0) is 14.8 Å². The zero-order valence-corrected chi connectivity index (χ0v) is 20.0. The summed E-state index contributed by atoms with van der Waals surface area (Å²) in [6.07, 6.45) is 3.50. The molecular formula is C20H26ClN5O3S2. The number of nitrogens with zero attached hydrogens (tertiary/aromatic N) is 4. The number of thiazole rings is 1. The average Bonchev–Trinajstić information content (AvgIpc) is 3.15. The first-order valence-corrected chi connectivity index (χ1v) is 12.8. The molecule has 0 radical (unpaired) electrons. The van der Waals surface area contributed by atoms with E-state index in [9.17, 15) is 13.2 Å². The molecule has 8 nitrogen and oxygen atoms in total. The topological polar surface area (TPSA) is 106 Å². The number of rotatable bonds is 8. The summed E-state index contributed by atoms with van der Waals surface area (Å²) in [4.78, 5) is 17.9. The van der Waals surface area contributed by atoms with Crippen LogP contribution in [0.5, 0.6) is 0 Å². The first-order chi connectivity index (χ1) is 14.7. The van der Waals surface area contributed by atoms with E-state index in [1.54, 1.807) is 12.1 Å². The second-order valence-electron chi connectivity index (χ2n) is 7.66. The van der Waals surface area contributed by atoms with Gasteiger partial charge in [-0.25, -0.2) is 13.4 Å². The first kappa shape index (κ1) is 23.7. The van der Waals surface area contributed by atoms with Gasteiger partial charge in [-0.1, -0.05) is 22.9 Å². The summed E-state index contributed by atoms with van der Waals surface area (Å²) in [5.74, 6) is 0.333. The maximum atomic E-state index is 13.2. The maximum absolute atomic E-state index is 13.2. The molecule has 1 N–H and O–H groups in total. The number of aromatic nitrogens is 1. The van der Waals surface area contributed by atoms with Crippen LogP contribution in [0.25, 0.3) is 10.2 Å². The smallest absolute Gasteiger partial charge is 0.246 e. The number of hydrogen-bond acceptors (Lipinski definition) is 7. The fourth-order valence-corrected chi connectivity index (χ4v) is 6.55. The summed E-state index contributed by atoms with van der Waals surface area (Å²) in [6, 6.07) is 5.60. The van der Waals surface area contributed by atoms with Gasteiger partial charge in [0.15, 0.2) is 5.13 Å². The van der Waals surface area contributed by atoms with Crippen LogP contribution in [0.3, 0.4) is 0 Å². The van der Waals surface area contributed by atoms with Crippen LogP contribution in [0.15, 0.2) is 17.0 Å². The highest BCUT2D eigenvalue weighted by Gasteiger charge is 2.29. The predicted molar refractivity (Wildman–Crippen MR) is 123 cm³/mol. The van der Waals surface area contributed by atoms with Gasteiger partial charge in [-0.2, -0.15) is 9.57 Å². The molecule has 0 bridgehead atoms. The molecule has 168 valence electrons. The van der Waals surface area contributed by atoms with Gasteiger partial charge >= 0.3 is 0 Å². The lowest BCUT2D eigenvalue weighted by Gasteiger charge is -2.31. The van der Waals surface area contributed by atoms with Gasteiger partial charge in [0.1, 0.15) is 10.4 Å². The third-order valence-corrected chi connectivity index (χ3v) is 8.91. The Morgan fingerprint density at radius 2 is 2.13 bits per heavy atom. The number of piperidine rings is 1. The molecule has 1 fully saturated rings. The van der Waals surface area contributed by atoms with Gasteiger partial charge in [0.25, 0.3) is 0 Å².